The van der Waals surface area contributed by atoms with Gasteiger partial charge in [0.2, 0.25) is 0 Å². The number of hydrogen-bond donors (Lipinski definition) is 0. The molecule has 0 fully saturated rings. The van der Waals surface area contributed by atoms with Crippen LogP contribution in [0.3, 0.4) is 0 Å². The summed E-state index contributed by atoms with van der Waals surface area (Å²) in [4.78, 5) is 38.0. The molecule has 0 heterocycles. The molecule has 68 heavy (non-hydrogen) atoms. The Kier molecular flexibility index (Phi) is 52.9. The van der Waals surface area contributed by atoms with Gasteiger partial charge >= 0.3 is 17.9 Å². The highest BCUT2D eigenvalue weighted by atomic mass is 16.6. The number of unbranched alkanes of at least 4 members (excludes halogenated alkanes) is 23. The van der Waals surface area contributed by atoms with Crippen LogP contribution >= 0.6 is 0 Å². The highest BCUT2D eigenvalue weighted by Gasteiger charge is 2.19. The fourth-order valence-corrected chi connectivity index (χ4v) is 7.59. The first-order chi connectivity index (χ1) is 33.5. The van der Waals surface area contributed by atoms with Crippen molar-refractivity contribution in [1.29, 1.82) is 0 Å². The van der Waals surface area contributed by atoms with Crippen molar-refractivity contribution in [2.45, 2.75) is 264 Å². The lowest BCUT2D eigenvalue weighted by atomic mass is 10.1. The van der Waals surface area contributed by atoms with Crippen LogP contribution < -0.4 is 0 Å². The van der Waals surface area contributed by atoms with Crippen LogP contribution in [-0.4, -0.2) is 37.2 Å². The molecule has 0 aliphatic heterocycles. The van der Waals surface area contributed by atoms with Crippen LogP contribution in [0.25, 0.3) is 0 Å². The van der Waals surface area contributed by atoms with Gasteiger partial charge in [-0.1, -0.05) is 234 Å². The van der Waals surface area contributed by atoms with Crippen molar-refractivity contribution < 1.29 is 28.6 Å². The topological polar surface area (TPSA) is 78.9 Å². The zero-order valence-electron chi connectivity index (χ0n) is 44.3. The van der Waals surface area contributed by atoms with Crippen molar-refractivity contribution in [3.05, 3.63) is 97.2 Å². The summed E-state index contributed by atoms with van der Waals surface area (Å²) in [5, 5.41) is 0. The lowest BCUT2D eigenvalue weighted by molar-refractivity contribution is -0.167. The minimum Gasteiger partial charge on any atom is -0.462 e. The third-order valence-electron chi connectivity index (χ3n) is 11.8. The van der Waals surface area contributed by atoms with Crippen LogP contribution in [0.5, 0.6) is 0 Å². The molecule has 1 atom stereocenters. The molecular formula is C62H104O6. The molecule has 0 rings (SSSR count). The van der Waals surface area contributed by atoms with E-state index in [-0.39, 0.29) is 31.1 Å². The van der Waals surface area contributed by atoms with E-state index in [9.17, 15) is 14.4 Å². The standard InChI is InChI=1S/C62H104O6/c1-4-7-10-13-16-19-21-23-25-27-29-30-31-32-33-35-36-38-40-43-46-49-52-55-61(64)67-58-59(57-66-60(63)54-51-48-45-42-18-15-12-9-6-3)68-62(65)56-53-50-47-44-41-39-37-34-28-26-24-22-20-17-14-11-8-5-2/h7,10,16,19-20,22-23,25-26,28-30,32-33,36,38,59H,4-6,8-9,11-15,17-18,21,24,27,31,34-35,37,39-58H2,1-3H3/b10-7-,19-16-,22-20-,25-23-,28-26-,30-29-,33-32-,38-36-. The lowest BCUT2D eigenvalue weighted by Gasteiger charge is -2.18. The molecule has 0 aromatic carbocycles. The molecule has 6 heteroatoms. The third kappa shape index (κ3) is 53.3. The van der Waals surface area contributed by atoms with E-state index in [2.05, 4.69) is 118 Å². The molecule has 0 spiro atoms. The fourth-order valence-electron chi connectivity index (χ4n) is 7.59. The van der Waals surface area contributed by atoms with Crippen LogP contribution in [-0.2, 0) is 28.6 Å². The molecule has 0 amide bonds. The van der Waals surface area contributed by atoms with Crippen LogP contribution in [0.4, 0.5) is 0 Å². The Bertz CT molecular complexity index is 1360. The second kappa shape index (κ2) is 55.9. The lowest BCUT2D eigenvalue weighted by Crippen LogP contribution is -2.30. The molecular weight excluding hydrogens is 841 g/mol. The predicted octanol–water partition coefficient (Wildman–Crippen LogP) is 18.9. The average Bonchev–Trinajstić information content (AvgIpc) is 3.34. The van der Waals surface area contributed by atoms with Crippen LogP contribution in [0, 0.1) is 0 Å². The number of rotatable bonds is 50. The first-order valence-electron chi connectivity index (χ1n) is 28.2. The molecule has 0 saturated heterocycles. The monoisotopic (exact) mass is 945 g/mol. The van der Waals surface area contributed by atoms with E-state index in [1.165, 1.54) is 96.3 Å². The van der Waals surface area contributed by atoms with Gasteiger partial charge in [-0.15, -0.1) is 0 Å². The molecule has 388 valence electrons. The number of carbonyl (C=O) groups excluding carboxylic acids is 3. The minimum absolute atomic E-state index is 0.0884. The van der Waals surface area contributed by atoms with Gasteiger partial charge < -0.3 is 14.2 Å². The summed E-state index contributed by atoms with van der Waals surface area (Å²) in [6, 6.07) is 0. The molecule has 0 saturated carbocycles. The van der Waals surface area contributed by atoms with E-state index >= 15 is 0 Å². The van der Waals surface area contributed by atoms with Gasteiger partial charge in [-0.25, -0.2) is 0 Å². The Hall–Kier alpha value is -3.67. The Labute approximate surface area is 419 Å². The molecule has 6 nitrogen and oxygen atoms in total. The fraction of sp³-hybridized carbons (Fsp3) is 0.694. The van der Waals surface area contributed by atoms with Crippen molar-refractivity contribution >= 4 is 17.9 Å². The molecule has 0 aliphatic rings. The summed E-state index contributed by atoms with van der Waals surface area (Å²) in [7, 11) is 0. The molecule has 0 aromatic rings. The van der Waals surface area contributed by atoms with Crippen molar-refractivity contribution in [2.24, 2.45) is 0 Å². The summed E-state index contributed by atoms with van der Waals surface area (Å²) < 4.78 is 16.8. The quantitative estimate of drug-likeness (QED) is 0.0262. The third-order valence-corrected chi connectivity index (χ3v) is 11.8. The van der Waals surface area contributed by atoms with E-state index in [1.807, 2.05) is 0 Å². The van der Waals surface area contributed by atoms with Gasteiger partial charge in [-0.05, 0) is 103 Å². The van der Waals surface area contributed by atoms with Gasteiger partial charge in [-0.2, -0.15) is 0 Å². The summed E-state index contributed by atoms with van der Waals surface area (Å²) in [5.74, 6) is -0.923. The number of esters is 3. The molecule has 0 bridgehead atoms. The van der Waals surface area contributed by atoms with E-state index in [0.717, 1.165) is 122 Å². The van der Waals surface area contributed by atoms with Gasteiger partial charge in [-0.3, -0.25) is 14.4 Å². The van der Waals surface area contributed by atoms with E-state index < -0.39 is 6.10 Å². The van der Waals surface area contributed by atoms with Crippen LogP contribution in [0.15, 0.2) is 97.2 Å². The van der Waals surface area contributed by atoms with Gasteiger partial charge in [0.25, 0.3) is 0 Å². The smallest absolute Gasteiger partial charge is 0.306 e. The predicted molar refractivity (Wildman–Crippen MR) is 293 cm³/mol. The first-order valence-corrected chi connectivity index (χ1v) is 28.2. The van der Waals surface area contributed by atoms with Crippen molar-refractivity contribution in [2.75, 3.05) is 13.2 Å². The minimum atomic E-state index is -0.791. The normalized spacial score (nSPS) is 12.8. The summed E-state index contributed by atoms with van der Waals surface area (Å²) >= 11 is 0. The summed E-state index contributed by atoms with van der Waals surface area (Å²) in [6.07, 6.45) is 74.0. The maximum Gasteiger partial charge on any atom is 0.306 e. The van der Waals surface area contributed by atoms with Gasteiger partial charge in [0.15, 0.2) is 6.10 Å². The van der Waals surface area contributed by atoms with Gasteiger partial charge in [0, 0.05) is 19.3 Å². The van der Waals surface area contributed by atoms with E-state index in [4.69, 9.17) is 14.2 Å². The zero-order chi connectivity index (χ0) is 49.3. The Morgan fingerprint density at radius 3 is 0.912 bits per heavy atom. The number of ether oxygens (including phenoxy) is 3. The molecule has 0 radical (unpaired) electrons. The van der Waals surface area contributed by atoms with E-state index in [0.29, 0.717) is 19.3 Å². The van der Waals surface area contributed by atoms with Crippen LogP contribution in [0.2, 0.25) is 0 Å². The molecule has 1 unspecified atom stereocenters. The zero-order valence-corrected chi connectivity index (χ0v) is 44.3. The largest absolute Gasteiger partial charge is 0.462 e. The van der Waals surface area contributed by atoms with E-state index in [1.54, 1.807) is 0 Å². The van der Waals surface area contributed by atoms with Gasteiger partial charge in [0.05, 0.1) is 0 Å². The highest BCUT2D eigenvalue weighted by molar-refractivity contribution is 5.71. The van der Waals surface area contributed by atoms with Crippen molar-refractivity contribution in [3.63, 3.8) is 0 Å². The Morgan fingerprint density at radius 1 is 0.309 bits per heavy atom. The SMILES string of the molecule is CC/C=C\C/C=C\C/C=C\C/C=C\C/C=C\C/C=C\CCCCCCC(=O)OCC(COC(=O)CCCCCCCCCCC)OC(=O)CCCCCCCCC/C=C\C/C=C\CCCCCC. The first kappa shape index (κ1) is 64.3. The van der Waals surface area contributed by atoms with Crippen molar-refractivity contribution in [1.82, 2.24) is 0 Å². The Balaban J connectivity index is 4.36. The Morgan fingerprint density at radius 2 is 0.574 bits per heavy atom. The van der Waals surface area contributed by atoms with Crippen LogP contribution in [0.1, 0.15) is 258 Å². The second-order valence-electron chi connectivity index (χ2n) is 18.5. The second-order valence-corrected chi connectivity index (χ2v) is 18.5. The molecule has 0 aromatic heterocycles. The molecule has 0 aliphatic carbocycles. The maximum atomic E-state index is 12.8. The summed E-state index contributed by atoms with van der Waals surface area (Å²) in [6.45, 7) is 6.46. The highest BCUT2D eigenvalue weighted by Crippen LogP contribution is 2.14. The number of allylic oxidation sites excluding steroid dienone is 16. The average molecular weight is 946 g/mol. The van der Waals surface area contributed by atoms with Crippen molar-refractivity contribution in [3.8, 4) is 0 Å². The maximum absolute atomic E-state index is 12.8. The molecule has 0 N–H and O–H groups in total. The van der Waals surface area contributed by atoms with Gasteiger partial charge in [0.1, 0.15) is 13.2 Å². The summed E-state index contributed by atoms with van der Waals surface area (Å²) in [5.41, 5.74) is 0. The number of hydrogen-bond acceptors (Lipinski definition) is 6. The number of carbonyl (C=O) groups is 3.